The van der Waals surface area contributed by atoms with Gasteiger partial charge in [0.05, 0.1) is 17.2 Å². The van der Waals surface area contributed by atoms with Crippen molar-refractivity contribution >= 4 is 11.3 Å². The van der Waals surface area contributed by atoms with Crippen LogP contribution in [0.1, 0.15) is 23.5 Å². The van der Waals surface area contributed by atoms with E-state index < -0.39 is 0 Å². The highest BCUT2D eigenvalue weighted by Gasteiger charge is 2.29. The second-order valence-corrected chi connectivity index (χ2v) is 4.63. The van der Waals surface area contributed by atoms with E-state index in [9.17, 15) is 0 Å². The molecule has 1 aliphatic rings. The molecule has 0 amide bonds. The van der Waals surface area contributed by atoms with E-state index in [1.165, 1.54) is 10.6 Å². The number of aromatic nitrogens is 1. The molecule has 2 N–H and O–H groups in total. The molecule has 13 heavy (non-hydrogen) atoms. The summed E-state index contributed by atoms with van der Waals surface area (Å²) in [6, 6.07) is 0.473. The number of hydrogen-bond acceptors (Lipinski definition) is 4. The first-order valence-corrected chi connectivity index (χ1v) is 5.46. The molecular weight excluding hydrogens is 182 g/mol. The lowest BCUT2D eigenvalue weighted by Gasteiger charge is -2.34. The van der Waals surface area contributed by atoms with Gasteiger partial charge in [-0.15, -0.1) is 11.3 Å². The third kappa shape index (κ3) is 1.49. The molecule has 72 valence electrons. The van der Waals surface area contributed by atoms with Crippen molar-refractivity contribution in [2.75, 3.05) is 13.6 Å². The summed E-state index contributed by atoms with van der Waals surface area (Å²) < 4.78 is 0. The number of nitrogens with two attached hydrogens (primary N) is 1. The zero-order valence-electron chi connectivity index (χ0n) is 8.03. The van der Waals surface area contributed by atoms with E-state index in [1.807, 2.05) is 5.51 Å². The van der Waals surface area contributed by atoms with Gasteiger partial charge in [-0.25, -0.2) is 4.98 Å². The minimum atomic E-state index is 0.158. The lowest BCUT2D eigenvalue weighted by atomic mass is 10.00. The Hall–Kier alpha value is -0.450. The molecule has 2 atom stereocenters. The van der Waals surface area contributed by atoms with Gasteiger partial charge in [0, 0.05) is 17.5 Å². The van der Waals surface area contributed by atoms with Crippen LogP contribution in [0.2, 0.25) is 0 Å². The van der Waals surface area contributed by atoms with Gasteiger partial charge in [-0.2, -0.15) is 0 Å². The summed E-state index contributed by atoms with van der Waals surface area (Å²) in [6.07, 6.45) is 1.12. The van der Waals surface area contributed by atoms with Crippen LogP contribution in [0.3, 0.4) is 0 Å². The molecule has 2 heterocycles. The average Bonchev–Trinajstić information content (AvgIpc) is 2.50. The Balaban J connectivity index is 2.36. The second-order valence-electron chi connectivity index (χ2n) is 3.70. The van der Waals surface area contributed by atoms with Crippen LogP contribution >= 0.6 is 11.3 Å². The smallest absolute Gasteiger partial charge is 0.0798 e. The number of thiazole rings is 1. The van der Waals surface area contributed by atoms with E-state index >= 15 is 0 Å². The monoisotopic (exact) mass is 197 g/mol. The molecule has 1 aliphatic heterocycles. The molecule has 3 nitrogen and oxygen atoms in total. The molecule has 0 fully saturated rings. The highest BCUT2D eigenvalue weighted by Crippen LogP contribution is 2.31. The van der Waals surface area contributed by atoms with Crippen LogP contribution in [0.15, 0.2) is 5.51 Å². The highest BCUT2D eigenvalue weighted by atomic mass is 32.1. The Morgan fingerprint density at radius 2 is 2.54 bits per heavy atom. The fourth-order valence-corrected chi connectivity index (χ4v) is 2.78. The van der Waals surface area contributed by atoms with E-state index in [4.69, 9.17) is 5.73 Å². The fourth-order valence-electron chi connectivity index (χ4n) is 1.98. The van der Waals surface area contributed by atoms with Gasteiger partial charge in [0.25, 0.3) is 0 Å². The third-order valence-corrected chi connectivity index (χ3v) is 3.53. The minimum Gasteiger partial charge on any atom is -0.326 e. The molecule has 1 aromatic rings. The summed E-state index contributed by atoms with van der Waals surface area (Å²) in [6.45, 7) is 3.15. The van der Waals surface area contributed by atoms with Crippen LogP contribution in [-0.4, -0.2) is 29.5 Å². The van der Waals surface area contributed by atoms with Crippen LogP contribution in [0.4, 0.5) is 0 Å². The highest BCUT2D eigenvalue weighted by molar-refractivity contribution is 7.09. The third-order valence-electron chi connectivity index (χ3n) is 2.62. The number of rotatable bonds is 1. The normalized spacial score (nSPS) is 25.6. The first-order valence-electron chi connectivity index (χ1n) is 4.58. The van der Waals surface area contributed by atoms with E-state index in [0.29, 0.717) is 6.04 Å². The van der Waals surface area contributed by atoms with Crippen molar-refractivity contribution < 1.29 is 0 Å². The van der Waals surface area contributed by atoms with E-state index in [0.717, 1.165) is 13.0 Å². The predicted octanol–water partition coefficient (Wildman–Crippen LogP) is 1.02. The van der Waals surface area contributed by atoms with Gasteiger partial charge >= 0.3 is 0 Å². The maximum absolute atomic E-state index is 5.95. The Morgan fingerprint density at radius 1 is 1.77 bits per heavy atom. The quantitative estimate of drug-likeness (QED) is 0.731. The maximum Gasteiger partial charge on any atom is 0.0798 e. The van der Waals surface area contributed by atoms with Gasteiger partial charge in [-0.1, -0.05) is 0 Å². The Morgan fingerprint density at radius 3 is 3.23 bits per heavy atom. The van der Waals surface area contributed by atoms with Crippen molar-refractivity contribution in [1.82, 2.24) is 9.88 Å². The van der Waals surface area contributed by atoms with Gasteiger partial charge in [0.1, 0.15) is 0 Å². The molecule has 2 rings (SSSR count). The summed E-state index contributed by atoms with van der Waals surface area (Å²) in [5.74, 6) is 0. The zero-order valence-corrected chi connectivity index (χ0v) is 8.84. The minimum absolute atomic E-state index is 0.158. The molecule has 0 saturated carbocycles. The molecule has 1 aromatic heterocycles. The zero-order chi connectivity index (χ0) is 9.42. The second kappa shape index (κ2) is 3.36. The molecule has 0 radical (unpaired) electrons. The summed E-state index contributed by atoms with van der Waals surface area (Å²) in [7, 11) is 2.12. The summed E-state index contributed by atoms with van der Waals surface area (Å²) >= 11 is 1.76. The molecule has 2 unspecified atom stereocenters. The van der Waals surface area contributed by atoms with Gasteiger partial charge in [-0.3, -0.25) is 4.90 Å². The standard InChI is InChI=1S/C9H15N3S/c1-6(10)9-8-7(13-5-11-8)3-4-12(9)2/h5-6,9H,3-4,10H2,1-2H3. The van der Waals surface area contributed by atoms with Gasteiger partial charge in [-0.05, 0) is 20.4 Å². The SMILES string of the molecule is CC(N)C1c2ncsc2CCN1C. The van der Waals surface area contributed by atoms with E-state index in [1.54, 1.807) is 11.3 Å². The Bertz CT molecular complexity index is 295. The molecule has 0 spiro atoms. The Kier molecular flexibility index (Phi) is 2.36. The van der Waals surface area contributed by atoms with E-state index in [2.05, 4.69) is 23.9 Å². The maximum atomic E-state index is 5.95. The van der Waals surface area contributed by atoms with Gasteiger partial charge in [0.15, 0.2) is 0 Å². The van der Waals surface area contributed by atoms with Crippen molar-refractivity contribution in [3.8, 4) is 0 Å². The van der Waals surface area contributed by atoms with Crippen molar-refractivity contribution in [3.05, 3.63) is 16.1 Å². The lowest BCUT2D eigenvalue weighted by Crippen LogP contribution is -2.41. The van der Waals surface area contributed by atoms with Crippen LogP contribution in [0, 0.1) is 0 Å². The van der Waals surface area contributed by atoms with Crippen molar-refractivity contribution in [2.24, 2.45) is 5.73 Å². The van der Waals surface area contributed by atoms with Gasteiger partial charge in [0.2, 0.25) is 0 Å². The summed E-state index contributed by atoms with van der Waals surface area (Å²) in [5, 5.41) is 0. The molecule has 0 aromatic carbocycles. The largest absolute Gasteiger partial charge is 0.326 e. The molecular formula is C9H15N3S. The van der Waals surface area contributed by atoms with Crippen LogP contribution in [0.5, 0.6) is 0 Å². The lowest BCUT2D eigenvalue weighted by molar-refractivity contribution is 0.203. The first kappa shape index (κ1) is 9.12. The topological polar surface area (TPSA) is 42.1 Å². The number of nitrogens with zero attached hydrogens (tertiary/aromatic N) is 2. The molecule has 4 heteroatoms. The Labute approximate surface area is 82.6 Å². The van der Waals surface area contributed by atoms with Crippen molar-refractivity contribution in [3.63, 3.8) is 0 Å². The summed E-state index contributed by atoms with van der Waals surface area (Å²) in [4.78, 5) is 8.12. The van der Waals surface area contributed by atoms with Crippen LogP contribution in [-0.2, 0) is 6.42 Å². The van der Waals surface area contributed by atoms with Gasteiger partial charge < -0.3 is 5.73 Å². The molecule has 0 bridgehead atoms. The van der Waals surface area contributed by atoms with Crippen molar-refractivity contribution in [1.29, 1.82) is 0 Å². The molecule has 0 saturated heterocycles. The number of fused-ring (bicyclic) bond motifs is 1. The number of likely N-dealkylation sites (N-methyl/N-ethyl adjacent to an activating group) is 1. The van der Waals surface area contributed by atoms with Crippen molar-refractivity contribution in [2.45, 2.75) is 25.4 Å². The average molecular weight is 197 g/mol. The van der Waals surface area contributed by atoms with E-state index in [-0.39, 0.29) is 6.04 Å². The first-order chi connectivity index (χ1) is 6.20. The van der Waals surface area contributed by atoms with Crippen LogP contribution in [0.25, 0.3) is 0 Å². The van der Waals surface area contributed by atoms with Crippen LogP contribution < -0.4 is 5.73 Å². The fraction of sp³-hybridized carbons (Fsp3) is 0.667. The summed E-state index contributed by atoms with van der Waals surface area (Å²) in [5.41, 5.74) is 9.09. The predicted molar refractivity (Wildman–Crippen MR) is 54.8 cm³/mol. The molecule has 0 aliphatic carbocycles. The number of hydrogen-bond donors (Lipinski definition) is 1.